The van der Waals surface area contributed by atoms with Gasteiger partial charge >= 0.3 is 0 Å². The first-order chi connectivity index (χ1) is 9.85. The number of nitrogens with two attached hydrogens (primary N) is 1. The summed E-state index contributed by atoms with van der Waals surface area (Å²) in [5, 5.41) is 0. The van der Waals surface area contributed by atoms with E-state index in [1.165, 1.54) is 13.2 Å². The number of halogens is 3. The third-order valence-corrected chi connectivity index (χ3v) is 5.16. The molecular weight excluding hydrogens is 399 g/mol. The van der Waals surface area contributed by atoms with Gasteiger partial charge in [-0.1, -0.05) is 19.8 Å². The first-order valence-electron chi connectivity index (χ1n) is 6.61. The number of rotatable bonds is 8. The van der Waals surface area contributed by atoms with Gasteiger partial charge in [0.15, 0.2) is 0 Å². The lowest BCUT2D eigenvalue weighted by atomic mass is 10.1. The van der Waals surface area contributed by atoms with E-state index in [0.717, 1.165) is 18.9 Å². The van der Waals surface area contributed by atoms with E-state index in [2.05, 4.69) is 20.7 Å². The van der Waals surface area contributed by atoms with E-state index in [1.54, 1.807) is 0 Å². The first-order valence-corrected chi connectivity index (χ1v) is 8.88. The van der Waals surface area contributed by atoms with Crippen molar-refractivity contribution in [1.82, 2.24) is 4.72 Å². The summed E-state index contributed by atoms with van der Waals surface area (Å²) in [7, 11) is -2.57. The Kier molecular flexibility index (Phi) is 9.49. The molecule has 9 heteroatoms. The number of nitrogens with one attached hydrogen (secondary N) is 1. The van der Waals surface area contributed by atoms with Gasteiger partial charge < -0.3 is 10.5 Å². The standard InChI is InChI=1S/C13H20BrFN2O3S.ClH/c1-3-4-5-9(8-16)17-21(18,19)13-7-11(15)10(14)6-12(13)20-2;/h6-7,9,17H,3-5,8,16H2,1-2H3;1H. The van der Waals surface area contributed by atoms with Gasteiger partial charge in [0, 0.05) is 12.6 Å². The van der Waals surface area contributed by atoms with Crippen LogP contribution in [0.5, 0.6) is 5.75 Å². The van der Waals surface area contributed by atoms with Crippen LogP contribution in [-0.4, -0.2) is 28.1 Å². The summed E-state index contributed by atoms with van der Waals surface area (Å²) < 4.78 is 46.0. The molecule has 3 N–H and O–H groups in total. The van der Waals surface area contributed by atoms with Gasteiger partial charge in [0.05, 0.1) is 11.6 Å². The average Bonchev–Trinajstić information content (AvgIpc) is 2.45. The average molecular weight is 420 g/mol. The molecule has 0 radical (unpaired) electrons. The second-order valence-electron chi connectivity index (χ2n) is 4.61. The van der Waals surface area contributed by atoms with Crippen LogP contribution in [-0.2, 0) is 10.0 Å². The van der Waals surface area contributed by atoms with E-state index in [9.17, 15) is 12.8 Å². The third kappa shape index (κ3) is 5.66. The van der Waals surface area contributed by atoms with Crippen molar-refractivity contribution in [3.05, 3.63) is 22.4 Å². The van der Waals surface area contributed by atoms with Crippen molar-refractivity contribution in [3.63, 3.8) is 0 Å². The predicted molar refractivity (Wildman–Crippen MR) is 90.6 cm³/mol. The molecule has 0 amide bonds. The van der Waals surface area contributed by atoms with Crippen molar-refractivity contribution in [2.24, 2.45) is 5.73 Å². The molecule has 0 saturated heterocycles. The van der Waals surface area contributed by atoms with Gasteiger partial charge in [-0.15, -0.1) is 12.4 Å². The molecule has 5 nitrogen and oxygen atoms in total. The molecule has 22 heavy (non-hydrogen) atoms. The van der Waals surface area contributed by atoms with Crippen molar-refractivity contribution in [1.29, 1.82) is 0 Å². The molecule has 1 aromatic rings. The van der Waals surface area contributed by atoms with Crippen LogP contribution in [0.3, 0.4) is 0 Å². The van der Waals surface area contributed by atoms with Gasteiger partial charge in [-0.05, 0) is 34.5 Å². The minimum Gasteiger partial charge on any atom is -0.495 e. The van der Waals surface area contributed by atoms with E-state index < -0.39 is 15.8 Å². The molecule has 1 unspecified atom stereocenters. The molecule has 0 aliphatic heterocycles. The van der Waals surface area contributed by atoms with Crippen molar-refractivity contribution < 1.29 is 17.5 Å². The Balaban J connectivity index is 0.00000441. The largest absolute Gasteiger partial charge is 0.495 e. The minimum absolute atomic E-state index is 0. The SMILES string of the molecule is CCCCC(CN)NS(=O)(=O)c1cc(F)c(Br)cc1OC.Cl. The molecule has 1 aromatic carbocycles. The smallest absolute Gasteiger partial charge is 0.244 e. The number of benzene rings is 1. The molecule has 0 bridgehead atoms. The molecule has 0 aliphatic rings. The Morgan fingerprint density at radius 1 is 1.45 bits per heavy atom. The summed E-state index contributed by atoms with van der Waals surface area (Å²) in [5.74, 6) is -0.601. The first kappa shape index (κ1) is 21.6. The molecule has 1 rings (SSSR count). The number of methoxy groups -OCH3 is 1. The number of unbranched alkanes of at least 4 members (excludes halogenated alkanes) is 1. The molecule has 128 valence electrons. The Morgan fingerprint density at radius 2 is 2.09 bits per heavy atom. The van der Waals surface area contributed by atoms with Crippen LogP contribution in [0.15, 0.2) is 21.5 Å². The molecule has 0 heterocycles. The van der Waals surface area contributed by atoms with Crippen LogP contribution >= 0.6 is 28.3 Å². The predicted octanol–water partition coefficient (Wildman–Crippen LogP) is 2.81. The highest BCUT2D eigenvalue weighted by atomic mass is 79.9. The van der Waals surface area contributed by atoms with Gasteiger partial charge in [0.1, 0.15) is 16.5 Å². The van der Waals surface area contributed by atoms with Crippen molar-refractivity contribution in [3.8, 4) is 5.75 Å². The van der Waals surface area contributed by atoms with Crippen molar-refractivity contribution >= 4 is 38.4 Å². The number of sulfonamides is 1. The van der Waals surface area contributed by atoms with E-state index in [-0.39, 0.29) is 40.1 Å². The normalized spacial score (nSPS) is 12.6. The van der Waals surface area contributed by atoms with Gasteiger partial charge in [0.25, 0.3) is 0 Å². The van der Waals surface area contributed by atoms with E-state index >= 15 is 0 Å². The Labute approximate surface area is 145 Å². The van der Waals surface area contributed by atoms with E-state index in [1.807, 2.05) is 6.92 Å². The highest BCUT2D eigenvalue weighted by Crippen LogP contribution is 2.30. The molecular formula is C13H21BrClFN2O3S. The fourth-order valence-electron chi connectivity index (χ4n) is 1.84. The zero-order valence-electron chi connectivity index (χ0n) is 12.4. The summed E-state index contributed by atoms with van der Waals surface area (Å²) in [4.78, 5) is -0.236. The van der Waals surface area contributed by atoms with Crippen LogP contribution < -0.4 is 15.2 Å². The summed E-state index contributed by atoms with van der Waals surface area (Å²) >= 11 is 3.00. The number of hydrogen-bond donors (Lipinski definition) is 2. The zero-order chi connectivity index (χ0) is 16.0. The van der Waals surface area contributed by atoms with Gasteiger partial charge in [-0.3, -0.25) is 0 Å². The highest BCUT2D eigenvalue weighted by Gasteiger charge is 2.24. The Bertz CT molecular complexity index is 587. The Hall–Kier alpha value is -0.410. The maximum Gasteiger partial charge on any atom is 0.244 e. The van der Waals surface area contributed by atoms with Gasteiger partial charge in [-0.25, -0.2) is 17.5 Å². The van der Waals surface area contributed by atoms with E-state index in [4.69, 9.17) is 10.5 Å². The van der Waals surface area contributed by atoms with Crippen LogP contribution in [0.1, 0.15) is 26.2 Å². The fourth-order valence-corrected chi connectivity index (χ4v) is 3.61. The van der Waals surface area contributed by atoms with Crippen molar-refractivity contribution in [2.75, 3.05) is 13.7 Å². The number of ether oxygens (including phenoxy) is 1. The summed E-state index contributed by atoms with van der Waals surface area (Å²) in [6, 6.07) is 1.83. The quantitative estimate of drug-likeness (QED) is 0.679. The molecule has 0 aromatic heterocycles. The second-order valence-corrected chi connectivity index (χ2v) is 7.15. The zero-order valence-corrected chi connectivity index (χ0v) is 15.7. The Morgan fingerprint density at radius 3 is 2.59 bits per heavy atom. The summed E-state index contributed by atoms with van der Waals surface area (Å²) in [6.07, 6.45) is 2.43. The summed E-state index contributed by atoms with van der Waals surface area (Å²) in [5.41, 5.74) is 5.58. The molecule has 1 atom stereocenters. The molecule has 0 aliphatic carbocycles. The maximum absolute atomic E-state index is 13.6. The van der Waals surface area contributed by atoms with Gasteiger partial charge in [-0.2, -0.15) is 0 Å². The third-order valence-electron chi connectivity index (χ3n) is 3.01. The minimum atomic E-state index is -3.90. The highest BCUT2D eigenvalue weighted by molar-refractivity contribution is 9.10. The van der Waals surface area contributed by atoms with E-state index in [0.29, 0.717) is 6.42 Å². The lowest BCUT2D eigenvalue weighted by Gasteiger charge is -2.18. The van der Waals surface area contributed by atoms with Crippen LogP contribution in [0, 0.1) is 5.82 Å². The topological polar surface area (TPSA) is 81.4 Å². The number of hydrogen-bond acceptors (Lipinski definition) is 4. The fraction of sp³-hybridized carbons (Fsp3) is 0.538. The van der Waals surface area contributed by atoms with Crippen molar-refractivity contribution in [2.45, 2.75) is 37.1 Å². The molecule has 0 fully saturated rings. The lowest BCUT2D eigenvalue weighted by molar-refractivity contribution is 0.399. The summed E-state index contributed by atoms with van der Waals surface area (Å²) in [6.45, 7) is 2.19. The molecule has 0 saturated carbocycles. The maximum atomic E-state index is 13.6. The monoisotopic (exact) mass is 418 g/mol. The van der Waals surface area contributed by atoms with Crippen LogP contribution in [0.2, 0.25) is 0 Å². The van der Waals surface area contributed by atoms with Crippen LogP contribution in [0.25, 0.3) is 0 Å². The second kappa shape index (κ2) is 9.67. The van der Waals surface area contributed by atoms with Gasteiger partial charge in [0.2, 0.25) is 10.0 Å². The molecule has 0 spiro atoms. The van der Waals surface area contributed by atoms with Crippen LogP contribution in [0.4, 0.5) is 4.39 Å². The lowest BCUT2D eigenvalue weighted by Crippen LogP contribution is -2.40.